The number of methoxy groups -OCH3 is 1. The van der Waals surface area contributed by atoms with E-state index in [1.165, 1.54) is 11.3 Å². The van der Waals surface area contributed by atoms with Gasteiger partial charge in [0.15, 0.2) is 4.88 Å². The van der Waals surface area contributed by atoms with Crippen LogP contribution in [0.2, 0.25) is 0 Å². The van der Waals surface area contributed by atoms with Crippen LogP contribution in [0, 0.1) is 16.7 Å². The molecule has 1 aliphatic rings. The van der Waals surface area contributed by atoms with Crippen molar-refractivity contribution in [3.05, 3.63) is 40.3 Å². The summed E-state index contributed by atoms with van der Waals surface area (Å²) >= 11 is 1.17. The average Bonchev–Trinajstić information content (AvgIpc) is 2.89. The van der Waals surface area contributed by atoms with Gasteiger partial charge in [0, 0.05) is 0 Å². The van der Waals surface area contributed by atoms with E-state index in [-0.39, 0.29) is 5.84 Å². The van der Waals surface area contributed by atoms with Crippen molar-refractivity contribution in [1.29, 1.82) is 10.7 Å². The summed E-state index contributed by atoms with van der Waals surface area (Å²) in [5, 5.41) is 17.3. The molecule has 1 aromatic carbocycles. The van der Waals surface area contributed by atoms with E-state index in [9.17, 15) is 5.26 Å². The first-order chi connectivity index (χ1) is 11.1. The number of aliphatic imine (C=N–C) groups is 1. The Kier molecular flexibility index (Phi) is 3.58. The standard InChI is InChI=1S/C15H12N6OS/c1-22-9-4-2-8(3-5-9)12-10(6-16)13(18)20-15-21(12)14(19)11(7-17)23-15/h2-5,12,16,18H,19H2,1H3/p+1. The number of anilines is 1. The highest BCUT2D eigenvalue weighted by atomic mass is 32.1. The van der Waals surface area contributed by atoms with E-state index in [2.05, 4.69) is 16.9 Å². The van der Waals surface area contributed by atoms with Crippen molar-refractivity contribution in [3.63, 3.8) is 0 Å². The second kappa shape index (κ2) is 5.57. The van der Waals surface area contributed by atoms with Crippen LogP contribution >= 0.6 is 11.3 Å². The van der Waals surface area contributed by atoms with Gasteiger partial charge in [0.05, 0.1) is 7.11 Å². The lowest BCUT2D eigenvalue weighted by Crippen LogP contribution is -2.47. The molecule has 0 fully saturated rings. The number of nitrogens with two attached hydrogens (primary N) is 2. The molecule has 2 heterocycles. The van der Waals surface area contributed by atoms with Crippen molar-refractivity contribution in [3.8, 4) is 11.8 Å². The summed E-state index contributed by atoms with van der Waals surface area (Å²) in [6, 6.07) is 8.95. The minimum atomic E-state index is -0.454. The average molecular weight is 325 g/mol. The number of amidine groups is 1. The van der Waals surface area contributed by atoms with Gasteiger partial charge in [-0.1, -0.05) is 17.1 Å². The van der Waals surface area contributed by atoms with Gasteiger partial charge in [-0.05, 0) is 34.9 Å². The van der Waals surface area contributed by atoms with Gasteiger partial charge in [-0.2, -0.15) is 5.26 Å². The summed E-state index contributed by atoms with van der Waals surface area (Å²) in [6.45, 7) is 0. The van der Waals surface area contributed by atoms with Crippen LogP contribution in [0.15, 0.2) is 34.8 Å². The van der Waals surface area contributed by atoms with E-state index in [0.717, 1.165) is 5.56 Å². The Morgan fingerprint density at radius 3 is 2.61 bits per heavy atom. The zero-order valence-corrected chi connectivity index (χ0v) is 13.0. The molecule has 1 unspecified atom stereocenters. The molecule has 5 N–H and O–H groups in total. The van der Waals surface area contributed by atoms with Gasteiger partial charge in [0.25, 0.3) is 0 Å². The number of rotatable bonds is 2. The monoisotopic (exact) mass is 325 g/mol. The highest BCUT2D eigenvalue weighted by Crippen LogP contribution is 2.35. The lowest BCUT2D eigenvalue weighted by Gasteiger charge is -2.20. The Hall–Kier alpha value is -3.14. The third-order valence-corrected chi connectivity index (χ3v) is 4.56. The van der Waals surface area contributed by atoms with E-state index < -0.39 is 6.04 Å². The topological polar surface area (TPSA) is 125 Å². The summed E-state index contributed by atoms with van der Waals surface area (Å²) < 4.78 is 6.87. The molecule has 0 aliphatic carbocycles. The van der Waals surface area contributed by atoms with Crippen molar-refractivity contribution < 1.29 is 9.30 Å². The summed E-state index contributed by atoms with van der Waals surface area (Å²) in [5.74, 6) is 3.57. The smallest absolute Gasteiger partial charge is 0.325 e. The Morgan fingerprint density at radius 1 is 1.35 bits per heavy atom. The number of aromatic nitrogens is 1. The van der Waals surface area contributed by atoms with Gasteiger partial charge < -0.3 is 16.2 Å². The largest absolute Gasteiger partial charge is 0.497 e. The number of nitriles is 1. The summed E-state index contributed by atoms with van der Waals surface area (Å²) in [6.07, 6.45) is 0. The van der Waals surface area contributed by atoms with Crippen LogP contribution in [-0.4, -0.2) is 18.8 Å². The van der Waals surface area contributed by atoms with Gasteiger partial charge in [0.2, 0.25) is 11.7 Å². The molecule has 114 valence electrons. The number of ether oxygens (including phenoxy) is 1. The van der Waals surface area contributed by atoms with Crippen LogP contribution in [0.4, 0.5) is 10.9 Å². The number of nitrogen functional groups attached to an aromatic ring is 1. The van der Waals surface area contributed by atoms with Crippen molar-refractivity contribution in [2.75, 3.05) is 12.8 Å². The molecule has 23 heavy (non-hydrogen) atoms. The third-order valence-electron chi connectivity index (χ3n) is 3.58. The Bertz CT molecular complexity index is 899. The minimum absolute atomic E-state index is 0.201. The van der Waals surface area contributed by atoms with Crippen LogP contribution in [0.5, 0.6) is 5.75 Å². The lowest BCUT2D eigenvalue weighted by atomic mass is 9.97. The van der Waals surface area contributed by atoms with E-state index in [1.807, 2.05) is 24.3 Å². The number of hydrogen-bond acceptors (Lipinski definition) is 7. The van der Waals surface area contributed by atoms with E-state index >= 15 is 0 Å². The van der Waals surface area contributed by atoms with Crippen LogP contribution in [0.1, 0.15) is 16.5 Å². The van der Waals surface area contributed by atoms with Gasteiger partial charge >= 0.3 is 5.13 Å². The number of thiazole rings is 1. The Labute approximate surface area is 136 Å². The highest BCUT2D eigenvalue weighted by molar-refractivity contribution is 7.15. The normalized spacial score (nSPS) is 16.1. The second-order valence-corrected chi connectivity index (χ2v) is 5.77. The predicted octanol–water partition coefficient (Wildman–Crippen LogP) is 1.26. The maximum Gasteiger partial charge on any atom is 0.325 e. The molecule has 1 aliphatic heterocycles. The molecular weight excluding hydrogens is 312 g/mol. The Morgan fingerprint density at radius 2 is 2.04 bits per heavy atom. The zero-order valence-electron chi connectivity index (χ0n) is 12.2. The minimum Gasteiger partial charge on any atom is -0.497 e. The molecule has 1 aromatic heterocycles. The molecule has 7 nitrogen and oxygen atoms in total. The lowest BCUT2D eigenvalue weighted by molar-refractivity contribution is -0.675. The van der Waals surface area contributed by atoms with E-state index in [4.69, 9.17) is 21.6 Å². The maximum atomic E-state index is 9.19. The fourth-order valence-electron chi connectivity index (χ4n) is 2.48. The fourth-order valence-corrected chi connectivity index (χ4v) is 3.36. The quantitative estimate of drug-likeness (QED) is 0.567. The number of nitrogens with one attached hydrogen (secondary N) is 1. The number of fused-ring (bicyclic) bond motifs is 1. The van der Waals surface area contributed by atoms with Crippen molar-refractivity contribution >= 4 is 34.0 Å². The van der Waals surface area contributed by atoms with E-state index in [1.54, 1.807) is 11.7 Å². The molecule has 0 radical (unpaired) electrons. The van der Waals surface area contributed by atoms with Crippen LogP contribution in [0.3, 0.4) is 0 Å². The van der Waals surface area contributed by atoms with Crippen molar-refractivity contribution in [2.24, 2.45) is 10.7 Å². The third kappa shape index (κ3) is 2.25. The molecule has 0 bridgehead atoms. The maximum absolute atomic E-state index is 9.19. The van der Waals surface area contributed by atoms with Crippen LogP contribution in [0.25, 0.3) is 0 Å². The number of nitrogens with zero attached hydrogens (tertiary/aromatic N) is 3. The molecule has 0 saturated carbocycles. The van der Waals surface area contributed by atoms with Crippen LogP contribution in [-0.2, 0) is 0 Å². The predicted molar refractivity (Wildman–Crippen MR) is 87.3 cm³/mol. The molecule has 1 atom stereocenters. The molecule has 3 rings (SSSR count). The molecular formula is C15H13N6OS+. The second-order valence-electron chi connectivity index (χ2n) is 4.79. The van der Waals surface area contributed by atoms with Crippen molar-refractivity contribution in [1.82, 2.24) is 0 Å². The summed E-state index contributed by atoms with van der Waals surface area (Å²) in [5.41, 5.74) is 13.3. The first kappa shape index (κ1) is 14.8. The van der Waals surface area contributed by atoms with Crippen LogP contribution < -0.4 is 20.8 Å². The molecule has 0 saturated heterocycles. The SMILES string of the molecule is COc1ccc(C2C(=C=N)C(N)=Nc3sc(C#N)c(N)[n+]32)cc1. The fraction of sp³-hybridized carbons (Fsp3) is 0.133. The number of hydrogen-bond donors (Lipinski definition) is 3. The summed E-state index contributed by atoms with van der Waals surface area (Å²) in [7, 11) is 1.59. The zero-order chi connectivity index (χ0) is 16.6. The van der Waals surface area contributed by atoms with Gasteiger partial charge in [-0.3, -0.25) is 5.41 Å². The van der Waals surface area contributed by atoms with Gasteiger partial charge in [-0.25, -0.2) is 4.57 Å². The number of benzene rings is 1. The van der Waals surface area contributed by atoms with Gasteiger partial charge in [-0.15, -0.1) is 0 Å². The van der Waals surface area contributed by atoms with Gasteiger partial charge in [0.1, 0.15) is 23.4 Å². The van der Waals surface area contributed by atoms with Crippen molar-refractivity contribution in [2.45, 2.75) is 6.04 Å². The van der Waals surface area contributed by atoms with E-state index in [0.29, 0.717) is 27.1 Å². The first-order valence-corrected chi connectivity index (χ1v) is 7.44. The molecule has 0 amide bonds. The summed E-state index contributed by atoms with van der Waals surface area (Å²) in [4.78, 5) is 4.60. The molecule has 2 aromatic rings. The molecule has 0 spiro atoms. The Balaban J connectivity index is 2.25. The highest BCUT2D eigenvalue weighted by Gasteiger charge is 2.38. The molecule has 8 heteroatoms. The first-order valence-electron chi connectivity index (χ1n) is 6.62.